The smallest absolute Gasteiger partial charge is 0.313 e. The highest BCUT2D eigenvalue weighted by molar-refractivity contribution is 7.99. The van der Waals surface area contributed by atoms with E-state index in [1.165, 1.54) is 0 Å². The summed E-state index contributed by atoms with van der Waals surface area (Å²) in [7, 11) is 0. The summed E-state index contributed by atoms with van der Waals surface area (Å²) in [5, 5.41) is 20.5. The van der Waals surface area contributed by atoms with Gasteiger partial charge in [-0.25, -0.2) is 4.68 Å². The number of nitrogens with zero attached hydrogens (tertiary/aromatic N) is 4. The number of carboxylic acids is 1. The fourth-order valence-electron chi connectivity index (χ4n) is 1.20. The Bertz CT molecular complexity index is 359. The predicted octanol–water partition coefficient (Wildman–Crippen LogP) is 1.55. The first-order chi connectivity index (χ1) is 8.15. The number of thioether (sulfide) groups is 2. The van der Waals surface area contributed by atoms with Gasteiger partial charge in [0.05, 0.1) is 11.8 Å². The average molecular weight is 276 g/mol. The fraction of sp³-hybridized carbons (Fsp3) is 0.778. The number of hydrogen-bond donors (Lipinski definition) is 1. The summed E-state index contributed by atoms with van der Waals surface area (Å²) in [5.74, 6) is 1.28. The lowest BCUT2D eigenvalue weighted by molar-refractivity contribution is -0.133. The van der Waals surface area contributed by atoms with Gasteiger partial charge in [-0.05, 0) is 35.3 Å². The molecule has 0 saturated carbocycles. The summed E-state index contributed by atoms with van der Waals surface area (Å²) in [4.78, 5) is 10.5. The van der Waals surface area contributed by atoms with E-state index in [4.69, 9.17) is 5.11 Å². The molecule has 1 aromatic rings. The molecular formula is C9H16N4O2S2. The third-order valence-electron chi connectivity index (χ3n) is 2.09. The third kappa shape index (κ3) is 4.95. The first-order valence-corrected chi connectivity index (χ1v) is 7.49. The first-order valence-electron chi connectivity index (χ1n) is 5.35. The molecule has 1 N–H and O–H groups in total. The molecule has 0 fully saturated rings. The van der Waals surface area contributed by atoms with E-state index < -0.39 is 5.97 Å². The van der Waals surface area contributed by atoms with Gasteiger partial charge >= 0.3 is 5.97 Å². The zero-order valence-electron chi connectivity index (χ0n) is 9.87. The van der Waals surface area contributed by atoms with Crippen molar-refractivity contribution in [3.63, 3.8) is 0 Å². The van der Waals surface area contributed by atoms with Crippen LogP contribution in [0.25, 0.3) is 0 Å². The fourth-order valence-corrected chi connectivity index (χ4v) is 2.70. The summed E-state index contributed by atoms with van der Waals surface area (Å²) < 4.78 is 1.70. The van der Waals surface area contributed by atoms with Gasteiger partial charge in [-0.2, -0.15) is 11.8 Å². The van der Waals surface area contributed by atoms with Crippen LogP contribution in [0.2, 0.25) is 0 Å². The van der Waals surface area contributed by atoms with Crippen LogP contribution in [0, 0.1) is 0 Å². The maximum atomic E-state index is 10.5. The van der Waals surface area contributed by atoms with Crippen molar-refractivity contribution >= 4 is 29.5 Å². The Balaban J connectivity index is 2.51. The summed E-state index contributed by atoms with van der Waals surface area (Å²) in [6.07, 6.45) is 0.976. The van der Waals surface area contributed by atoms with Crippen LogP contribution < -0.4 is 0 Å². The Morgan fingerprint density at radius 3 is 3.00 bits per heavy atom. The van der Waals surface area contributed by atoms with Crippen LogP contribution in [0.3, 0.4) is 0 Å². The molecule has 0 aromatic carbocycles. The van der Waals surface area contributed by atoms with Gasteiger partial charge in [-0.3, -0.25) is 4.79 Å². The second-order valence-electron chi connectivity index (χ2n) is 3.42. The molecule has 1 aromatic heterocycles. The lowest BCUT2D eigenvalue weighted by Crippen LogP contribution is -2.10. The van der Waals surface area contributed by atoms with Crippen molar-refractivity contribution in [1.82, 2.24) is 20.2 Å². The monoisotopic (exact) mass is 276 g/mol. The molecule has 0 saturated heterocycles. The largest absolute Gasteiger partial charge is 0.481 e. The van der Waals surface area contributed by atoms with Gasteiger partial charge < -0.3 is 5.11 Å². The molecule has 1 heterocycles. The molecule has 0 spiro atoms. The summed E-state index contributed by atoms with van der Waals surface area (Å²) in [5.41, 5.74) is 0. The second-order valence-corrected chi connectivity index (χ2v) is 5.76. The average Bonchev–Trinajstić information content (AvgIpc) is 2.74. The van der Waals surface area contributed by atoms with Crippen LogP contribution in [0.1, 0.15) is 26.3 Å². The highest BCUT2D eigenvalue weighted by Crippen LogP contribution is 2.20. The molecule has 1 rings (SSSR count). The number of aromatic nitrogens is 4. The van der Waals surface area contributed by atoms with Crippen molar-refractivity contribution in [2.75, 3.05) is 17.3 Å². The van der Waals surface area contributed by atoms with Crippen LogP contribution in [0.5, 0.6) is 0 Å². The van der Waals surface area contributed by atoms with E-state index in [1.54, 1.807) is 4.68 Å². The Hall–Kier alpha value is -0.760. The Morgan fingerprint density at radius 1 is 1.59 bits per heavy atom. The molecule has 1 atom stereocenters. The number of rotatable bonds is 8. The van der Waals surface area contributed by atoms with Crippen LogP contribution in [0.15, 0.2) is 5.16 Å². The van der Waals surface area contributed by atoms with Gasteiger partial charge in [0.25, 0.3) is 0 Å². The van der Waals surface area contributed by atoms with Crippen LogP contribution in [-0.4, -0.2) is 48.5 Å². The minimum atomic E-state index is -0.862. The van der Waals surface area contributed by atoms with Crippen molar-refractivity contribution in [2.24, 2.45) is 0 Å². The van der Waals surface area contributed by atoms with E-state index in [9.17, 15) is 4.79 Å². The van der Waals surface area contributed by atoms with Gasteiger partial charge in [-0.15, -0.1) is 5.10 Å². The minimum absolute atomic E-state index is 0.0171. The molecule has 0 amide bonds. The second kappa shape index (κ2) is 7.54. The summed E-state index contributed by atoms with van der Waals surface area (Å²) in [6.45, 7) is 4.16. The van der Waals surface area contributed by atoms with Crippen molar-refractivity contribution < 1.29 is 9.90 Å². The SMILES string of the molecule is CCSCCC(C)n1nnnc1SCC(=O)O. The highest BCUT2D eigenvalue weighted by Gasteiger charge is 2.14. The first kappa shape index (κ1) is 14.3. The molecule has 0 radical (unpaired) electrons. The maximum Gasteiger partial charge on any atom is 0.313 e. The van der Waals surface area contributed by atoms with Crippen LogP contribution in [-0.2, 0) is 4.79 Å². The molecule has 6 nitrogen and oxygen atoms in total. The molecular weight excluding hydrogens is 260 g/mol. The quantitative estimate of drug-likeness (QED) is 0.570. The molecule has 0 bridgehead atoms. The van der Waals surface area contributed by atoms with Crippen LogP contribution >= 0.6 is 23.5 Å². The Morgan fingerprint density at radius 2 is 2.35 bits per heavy atom. The normalized spacial score (nSPS) is 12.6. The van der Waals surface area contributed by atoms with E-state index in [0.717, 1.165) is 29.7 Å². The van der Waals surface area contributed by atoms with Gasteiger partial charge in [0.15, 0.2) is 0 Å². The summed E-state index contributed by atoms with van der Waals surface area (Å²) in [6, 6.07) is 0.195. The number of tetrazole rings is 1. The number of hydrogen-bond acceptors (Lipinski definition) is 6. The molecule has 8 heteroatoms. The van der Waals surface area contributed by atoms with E-state index >= 15 is 0 Å². The summed E-state index contributed by atoms with van der Waals surface area (Å²) >= 11 is 3.02. The highest BCUT2D eigenvalue weighted by atomic mass is 32.2. The number of aliphatic carboxylic acids is 1. The minimum Gasteiger partial charge on any atom is -0.481 e. The molecule has 0 aliphatic heterocycles. The zero-order chi connectivity index (χ0) is 12.7. The molecule has 96 valence electrons. The maximum absolute atomic E-state index is 10.5. The zero-order valence-corrected chi connectivity index (χ0v) is 11.5. The lowest BCUT2D eigenvalue weighted by atomic mass is 10.3. The topological polar surface area (TPSA) is 80.9 Å². The van der Waals surface area contributed by atoms with E-state index in [0.29, 0.717) is 5.16 Å². The Labute approximate surface area is 109 Å². The Kier molecular flexibility index (Phi) is 6.35. The van der Waals surface area contributed by atoms with Crippen molar-refractivity contribution in [1.29, 1.82) is 0 Å². The number of carbonyl (C=O) groups is 1. The van der Waals surface area contributed by atoms with Crippen LogP contribution in [0.4, 0.5) is 0 Å². The molecule has 1 unspecified atom stereocenters. The van der Waals surface area contributed by atoms with Crippen molar-refractivity contribution in [2.45, 2.75) is 31.5 Å². The predicted molar refractivity (Wildman–Crippen MR) is 68.5 cm³/mol. The van der Waals surface area contributed by atoms with E-state index in [2.05, 4.69) is 22.4 Å². The molecule has 0 aliphatic rings. The third-order valence-corrected chi connectivity index (χ3v) is 3.94. The van der Waals surface area contributed by atoms with Crippen molar-refractivity contribution in [3.05, 3.63) is 0 Å². The van der Waals surface area contributed by atoms with E-state index in [-0.39, 0.29) is 11.8 Å². The van der Waals surface area contributed by atoms with Gasteiger partial charge in [0.1, 0.15) is 0 Å². The van der Waals surface area contributed by atoms with Gasteiger partial charge in [0, 0.05) is 0 Å². The number of carboxylic acid groups (broad SMARTS) is 1. The molecule has 17 heavy (non-hydrogen) atoms. The standard InChI is InChI=1S/C9H16N4O2S2/c1-3-16-5-4-7(2)13-9(10-11-12-13)17-6-8(14)15/h7H,3-6H2,1-2H3,(H,14,15). The van der Waals surface area contributed by atoms with E-state index in [1.807, 2.05) is 18.7 Å². The van der Waals surface area contributed by atoms with Crippen molar-refractivity contribution in [3.8, 4) is 0 Å². The molecule has 0 aliphatic carbocycles. The van der Waals surface area contributed by atoms with Gasteiger partial charge in [0.2, 0.25) is 5.16 Å². The lowest BCUT2D eigenvalue weighted by Gasteiger charge is -2.11. The van der Waals surface area contributed by atoms with Gasteiger partial charge in [-0.1, -0.05) is 18.7 Å².